The standard InChI is InChI=1S/C28H33ClO6/c29-22-10-9-20(27-26(33)25(32)24(31)23(17-30)35-27)16-21(22)15-19-7-5-18(6-8-19)11-14-28(34)12-3-1-2-4-13-28/h5-10,16,23-27,30-34H,1-4,12-13,15,17H2/t23-,24-,25+,26-,27+/m1/s1. The summed E-state index contributed by atoms with van der Waals surface area (Å²) in [6, 6.07) is 13.0. The van der Waals surface area contributed by atoms with Gasteiger partial charge in [-0.3, -0.25) is 0 Å². The van der Waals surface area contributed by atoms with E-state index in [1.54, 1.807) is 12.1 Å². The Hall–Kier alpha value is -1.95. The van der Waals surface area contributed by atoms with Crippen molar-refractivity contribution in [2.24, 2.45) is 0 Å². The monoisotopic (exact) mass is 500 g/mol. The molecule has 188 valence electrons. The van der Waals surface area contributed by atoms with Crippen LogP contribution in [0, 0.1) is 11.8 Å². The van der Waals surface area contributed by atoms with E-state index in [9.17, 15) is 25.5 Å². The van der Waals surface area contributed by atoms with Gasteiger partial charge in [0.2, 0.25) is 0 Å². The summed E-state index contributed by atoms with van der Waals surface area (Å²) in [4.78, 5) is 0. The quantitative estimate of drug-likeness (QED) is 0.326. The number of aliphatic hydroxyl groups is 5. The van der Waals surface area contributed by atoms with Crippen LogP contribution < -0.4 is 0 Å². The third kappa shape index (κ3) is 6.25. The summed E-state index contributed by atoms with van der Waals surface area (Å²) in [5.74, 6) is 6.21. The van der Waals surface area contributed by atoms with E-state index in [-0.39, 0.29) is 0 Å². The van der Waals surface area contributed by atoms with Crippen molar-refractivity contribution in [3.63, 3.8) is 0 Å². The normalized spacial score (nSPS) is 28.6. The molecule has 1 saturated carbocycles. The van der Waals surface area contributed by atoms with Crippen molar-refractivity contribution in [3.8, 4) is 11.8 Å². The minimum absolute atomic E-state index is 0.478. The van der Waals surface area contributed by atoms with Crippen molar-refractivity contribution in [3.05, 3.63) is 69.7 Å². The number of aliphatic hydroxyl groups excluding tert-OH is 4. The summed E-state index contributed by atoms with van der Waals surface area (Å²) >= 11 is 6.44. The van der Waals surface area contributed by atoms with Gasteiger partial charge in [0.25, 0.3) is 0 Å². The predicted octanol–water partition coefficient (Wildman–Crippen LogP) is 2.88. The molecule has 0 bridgehead atoms. The summed E-state index contributed by atoms with van der Waals surface area (Å²) in [5.41, 5.74) is 2.37. The molecule has 0 spiro atoms. The first-order valence-electron chi connectivity index (χ1n) is 12.2. The van der Waals surface area contributed by atoms with Crippen LogP contribution in [0.2, 0.25) is 5.02 Å². The van der Waals surface area contributed by atoms with Crippen molar-refractivity contribution in [2.75, 3.05) is 6.61 Å². The van der Waals surface area contributed by atoms with Crippen LogP contribution >= 0.6 is 11.6 Å². The first-order chi connectivity index (χ1) is 16.8. The Balaban J connectivity index is 1.48. The van der Waals surface area contributed by atoms with Crippen molar-refractivity contribution in [1.29, 1.82) is 0 Å². The van der Waals surface area contributed by atoms with Gasteiger partial charge < -0.3 is 30.3 Å². The molecular formula is C28H33ClO6. The van der Waals surface area contributed by atoms with E-state index >= 15 is 0 Å². The fourth-order valence-corrected chi connectivity index (χ4v) is 5.02. The summed E-state index contributed by atoms with van der Waals surface area (Å²) in [6.45, 7) is -0.478. The predicted molar refractivity (Wildman–Crippen MR) is 133 cm³/mol. The van der Waals surface area contributed by atoms with Crippen LogP contribution in [0.1, 0.15) is 66.9 Å². The summed E-state index contributed by atoms with van der Waals surface area (Å²) < 4.78 is 5.68. The maximum atomic E-state index is 10.7. The molecule has 2 aromatic carbocycles. The van der Waals surface area contributed by atoms with Gasteiger partial charge in [-0.1, -0.05) is 60.5 Å². The first-order valence-corrected chi connectivity index (χ1v) is 12.6. The third-order valence-corrected chi connectivity index (χ3v) is 7.38. The third-order valence-electron chi connectivity index (χ3n) is 7.01. The lowest BCUT2D eigenvalue weighted by Crippen LogP contribution is -2.55. The lowest BCUT2D eigenvalue weighted by Gasteiger charge is -2.40. The average molecular weight is 501 g/mol. The molecule has 0 unspecified atom stereocenters. The zero-order chi connectivity index (χ0) is 25.0. The molecule has 2 fully saturated rings. The summed E-state index contributed by atoms with van der Waals surface area (Å²) in [7, 11) is 0. The highest BCUT2D eigenvalue weighted by molar-refractivity contribution is 6.31. The minimum atomic E-state index is -1.44. The number of benzene rings is 2. The number of hydrogen-bond donors (Lipinski definition) is 5. The van der Waals surface area contributed by atoms with Gasteiger partial charge in [0.15, 0.2) is 0 Å². The van der Waals surface area contributed by atoms with Crippen LogP contribution in [0.15, 0.2) is 42.5 Å². The molecular weight excluding hydrogens is 468 g/mol. The molecule has 2 aromatic rings. The van der Waals surface area contributed by atoms with Crippen LogP contribution in [0.3, 0.4) is 0 Å². The Labute approximate surface area is 211 Å². The van der Waals surface area contributed by atoms with Gasteiger partial charge in [0, 0.05) is 10.6 Å². The molecule has 0 radical (unpaired) electrons. The topological polar surface area (TPSA) is 110 Å². The van der Waals surface area contributed by atoms with Gasteiger partial charge >= 0.3 is 0 Å². The second-order valence-electron chi connectivity index (χ2n) is 9.67. The van der Waals surface area contributed by atoms with E-state index in [0.717, 1.165) is 55.2 Å². The van der Waals surface area contributed by atoms with Gasteiger partial charge in [-0.25, -0.2) is 0 Å². The van der Waals surface area contributed by atoms with E-state index in [1.807, 2.05) is 30.3 Å². The van der Waals surface area contributed by atoms with Crippen LogP contribution in [0.25, 0.3) is 0 Å². The molecule has 1 saturated heterocycles. The van der Waals surface area contributed by atoms with Crippen LogP contribution in [0.4, 0.5) is 0 Å². The number of hydrogen-bond acceptors (Lipinski definition) is 6. The highest BCUT2D eigenvalue weighted by atomic mass is 35.5. The van der Waals surface area contributed by atoms with E-state index in [2.05, 4.69) is 11.8 Å². The summed E-state index contributed by atoms with van der Waals surface area (Å²) in [5, 5.41) is 51.4. The first kappa shape index (κ1) is 26.1. The smallest absolute Gasteiger partial charge is 0.125 e. The van der Waals surface area contributed by atoms with Crippen LogP contribution in [-0.4, -0.2) is 62.2 Å². The zero-order valence-electron chi connectivity index (χ0n) is 19.6. The lowest BCUT2D eigenvalue weighted by atomic mass is 9.90. The summed E-state index contributed by atoms with van der Waals surface area (Å²) in [6.07, 6.45) is 0.235. The Morgan fingerprint density at radius 2 is 1.60 bits per heavy atom. The molecule has 0 aromatic heterocycles. The van der Waals surface area contributed by atoms with Gasteiger partial charge in [-0.05, 0) is 67.0 Å². The number of rotatable bonds is 4. The molecule has 7 heteroatoms. The molecule has 1 aliphatic heterocycles. The Kier molecular flexibility index (Phi) is 8.51. The molecule has 2 aliphatic rings. The van der Waals surface area contributed by atoms with Crippen molar-refractivity contribution in [2.45, 2.75) is 81.1 Å². The molecule has 5 N–H and O–H groups in total. The fraction of sp³-hybridized carbons (Fsp3) is 0.500. The maximum absolute atomic E-state index is 10.7. The van der Waals surface area contributed by atoms with E-state index in [4.69, 9.17) is 16.3 Å². The molecule has 5 atom stereocenters. The largest absolute Gasteiger partial charge is 0.394 e. The highest BCUT2D eigenvalue weighted by Gasteiger charge is 2.44. The lowest BCUT2D eigenvalue weighted by molar-refractivity contribution is -0.231. The molecule has 6 nitrogen and oxygen atoms in total. The molecule has 4 rings (SSSR count). The fourth-order valence-electron chi connectivity index (χ4n) is 4.84. The second-order valence-corrected chi connectivity index (χ2v) is 10.1. The Bertz CT molecular complexity index is 1050. The molecule has 1 heterocycles. The van der Waals surface area contributed by atoms with E-state index in [1.165, 1.54) is 0 Å². The Morgan fingerprint density at radius 1 is 0.914 bits per heavy atom. The second kappa shape index (κ2) is 11.4. The van der Waals surface area contributed by atoms with Gasteiger partial charge in [-0.15, -0.1) is 0 Å². The van der Waals surface area contributed by atoms with Crippen molar-refractivity contribution in [1.82, 2.24) is 0 Å². The van der Waals surface area contributed by atoms with Crippen LogP contribution in [0.5, 0.6) is 0 Å². The SMILES string of the molecule is OC[C@H]1O[C@@H](c2ccc(Cl)c(Cc3ccc(C#CC4(O)CCCCCC4)cc3)c2)[C@H](O)[C@@H](O)[C@@H]1O. The van der Waals surface area contributed by atoms with Crippen molar-refractivity contribution >= 4 is 11.6 Å². The highest BCUT2D eigenvalue weighted by Crippen LogP contribution is 2.34. The Morgan fingerprint density at radius 3 is 2.26 bits per heavy atom. The van der Waals surface area contributed by atoms with E-state index in [0.29, 0.717) is 17.0 Å². The minimum Gasteiger partial charge on any atom is -0.394 e. The molecule has 35 heavy (non-hydrogen) atoms. The van der Waals surface area contributed by atoms with E-state index < -0.39 is 42.7 Å². The van der Waals surface area contributed by atoms with Crippen LogP contribution in [-0.2, 0) is 11.2 Å². The van der Waals surface area contributed by atoms with Gasteiger partial charge in [0.1, 0.15) is 36.1 Å². The van der Waals surface area contributed by atoms with Gasteiger partial charge in [0.05, 0.1) is 6.61 Å². The molecule has 1 aliphatic carbocycles. The molecule has 0 amide bonds. The average Bonchev–Trinajstić information content (AvgIpc) is 3.08. The van der Waals surface area contributed by atoms with Crippen molar-refractivity contribution < 1.29 is 30.3 Å². The number of halogens is 1. The van der Waals surface area contributed by atoms with Gasteiger partial charge in [-0.2, -0.15) is 0 Å². The number of ether oxygens (including phenoxy) is 1. The maximum Gasteiger partial charge on any atom is 0.125 e. The zero-order valence-corrected chi connectivity index (χ0v) is 20.4.